The zero-order valence-electron chi connectivity index (χ0n) is 10.8. The van der Waals surface area contributed by atoms with E-state index in [0.717, 1.165) is 12.2 Å². The Hall–Kier alpha value is -0.950. The van der Waals surface area contributed by atoms with E-state index in [1.807, 2.05) is 19.1 Å². The van der Waals surface area contributed by atoms with Crippen molar-refractivity contribution in [2.24, 2.45) is 0 Å². The quantitative estimate of drug-likeness (QED) is 0.724. The van der Waals surface area contributed by atoms with Crippen LogP contribution in [-0.2, 0) is 19.5 Å². The summed E-state index contributed by atoms with van der Waals surface area (Å²) in [4.78, 5) is 0.353. The van der Waals surface area contributed by atoms with Gasteiger partial charge in [0.25, 0.3) is 0 Å². The van der Waals surface area contributed by atoms with Crippen LogP contribution in [0.15, 0.2) is 29.2 Å². The molecule has 1 aromatic carbocycles. The molecule has 0 spiro atoms. The average molecular weight is 283 g/mol. The molecule has 19 heavy (non-hydrogen) atoms. The van der Waals surface area contributed by atoms with Crippen LogP contribution in [0.1, 0.15) is 5.56 Å². The lowest BCUT2D eigenvalue weighted by molar-refractivity contribution is 0.115. The number of aryl methyl sites for hydroxylation is 1. The van der Waals surface area contributed by atoms with E-state index in [4.69, 9.17) is 9.47 Å². The van der Waals surface area contributed by atoms with Gasteiger partial charge >= 0.3 is 0 Å². The van der Waals surface area contributed by atoms with Crippen LogP contribution in [0.4, 0.5) is 0 Å². The molecule has 2 saturated heterocycles. The number of nitrogens with zero attached hydrogens (tertiary/aromatic N) is 1. The molecule has 0 N–H and O–H groups in total. The van der Waals surface area contributed by atoms with Crippen molar-refractivity contribution in [2.45, 2.75) is 24.0 Å². The van der Waals surface area contributed by atoms with Crippen molar-refractivity contribution in [3.05, 3.63) is 29.8 Å². The largest absolute Gasteiger partial charge is 0.377 e. The van der Waals surface area contributed by atoms with Crippen LogP contribution in [0.5, 0.6) is 0 Å². The Kier molecular flexibility index (Phi) is 3.34. The highest BCUT2D eigenvalue weighted by Crippen LogP contribution is 2.28. The molecule has 0 saturated carbocycles. The molecule has 104 valence electrons. The minimum atomic E-state index is -3.34. The van der Waals surface area contributed by atoms with Crippen LogP contribution >= 0.6 is 0 Å². The van der Waals surface area contributed by atoms with Crippen molar-refractivity contribution in [1.29, 1.82) is 0 Å². The second kappa shape index (κ2) is 4.86. The van der Waals surface area contributed by atoms with Gasteiger partial charge in [-0.2, -0.15) is 4.31 Å². The first-order chi connectivity index (χ1) is 9.07. The average Bonchev–Trinajstić information content (AvgIpc) is 3.24. The molecule has 2 aliphatic heterocycles. The normalized spacial score (nSPS) is 29.2. The number of hydrogen-bond donors (Lipinski definition) is 0. The van der Waals surface area contributed by atoms with Crippen molar-refractivity contribution in [3.63, 3.8) is 0 Å². The minimum Gasteiger partial charge on any atom is -0.377 e. The highest BCUT2D eigenvalue weighted by molar-refractivity contribution is 7.89. The summed E-state index contributed by atoms with van der Waals surface area (Å²) in [5.41, 5.74) is 1.05. The van der Waals surface area contributed by atoms with Crippen molar-refractivity contribution >= 4 is 10.0 Å². The van der Waals surface area contributed by atoms with Gasteiger partial charge in [0.15, 0.2) is 0 Å². The van der Waals surface area contributed by atoms with Crippen LogP contribution in [0.25, 0.3) is 0 Å². The molecular weight excluding hydrogens is 266 g/mol. The number of hydrogen-bond acceptors (Lipinski definition) is 4. The predicted molar refractivity (Wildman–Crippen MR) is 69.4 cm³/mol. The van der Waals surface area contributed by atoms with Crippen molar-refractivity contribution in [3.8, 4) is 0 Å². The van der Waals surface area contributed by atoms with Gasteiger partial charge in [-0.15, -0.1) is 0 Å². The molecule has 0 aromatic heterocycles. The SMILES string of the molecule is Cc1ccc(S(=O)(=O)N2CC2COCC2CO2)cc1. The number of epoxide rings is 1. The maximum absolute atomic E-state index is 12.3. The van der Waals surface area contributed by atoms with Gasteiger partial charge in [-0.1, -0.05) is 17.7 Å². The Balaban J connectivity index is 1.57. The summed E-state index contributed by atoms with van der Waals surface area (Å²) in [7, 11) is -3.34. The lowest BCUT2D eigenvalue weighted by Crippen LogP contribution is -2.18. The Morgan fingerprint density at radius 3 is 2.63 bits per heavy atom. The Morgan fingerprint density at radius 2 is 2.00 bits per heavy atom. The summed E-state index contributed by atoms with van der Waals surface area (Å²) >= 11 is 0. The zero-order valence-corrected chi connectivity index (χ0v) is 11.6. The van der Waals surface area contributed by atoms with Gasteiger partial charge in [-0.05, 0) is 19.1 Å². The van der Waals surface area contributed by atoms with Gasteiger partial charge in [0.1, 0.15) is 6.10 Å². The first-order valence-electron chi connectivity index (χ1n) is 6.35. The van der Waals surface area contributed by atoms with E-state index in [9.17, 15) is 8.42 Å². The molecule has 0 aliphatic carbocycles. The van der Waals surface area contributed by atoms with Crippen LogP contribution < -0.4 is 0 Å². The van der Waals surface area contributed by atoms with Crippen molar-refractivity contribution in [1.82, 2.24) is 4.31 Å². The van der Waals surface area contributed by atoms with Crippen molar-refractivity contribution < 1.29 is 17.9 Å². The van der Waals surface area contributed by atoms with Crippen LogP contribution in [-0.4, -0.2) is 51.2 Å². The van der Waals surface area contributed by atoms with E-state index in [-0.39, 0.29) is 12.1 Å². The first kappa shape index (κ1) is 13.1. The number of benzene rings is 1. The second-order valence-corrected chi connectivity index (χ2v) is 6.92. The molecule has 0 bridgehead atoms. The van der Waals surface area contributed by atoms with E-state index in [1.165, 1.54) is 4.31 Å². The molecule has 0 radical (unpaired) electrons. The van der Waals surface area contributed by atoms with Gasteiger partial charge in [0.2, 0.25) is 10.0 Å². The molecule has 5 nitrogen and oxygen atoms in total. The molecule has 6 heteroatoms. The van der Waals surface area contributed by atoms with Gasteiger partial charge in [0.05, 0.1) is 30.8 Å². The maximum Gasteiger partial charge on any atom is 0.243 e. The summed E-state index contributed by atoms with van der Waals surface area (Å²) in [6.45, 7) is 4.25. The van der Waals surface area contributed by atoms with E-state index in [1.54, 1.807) is 12.1 Å². The molecule has 3 atom stereocenters. The topological polar surface area (TPSA) is 58.9 Å². The summed E-state index contributed by atoms with van der Waals surface area (Å²) < 4.78 is 36.5. The third-order valence-corrected chi connectivity index (χ3v) is 5.24. The fourth-order valence-electron chi connectivity index (χ4n) is 1.94. The smallest absolute Gasteiger partial charge is 0.243 e. The summed E-state index contributed by atoms with van der Waals surface area (Å²) in [5, 5.41) is 0. The van der Waals surface area contributed by atoms with Gasteiger partial charge in [0, 0.05) is 6.54 Å². The zero-order chi connectivity index (χ0) is 13.5. The lowest BCUT2D eigenvalue weighted by Gasteiger charge is -2.07. The molecule has 2 fully saturated rings. The molecule has 0 amide bonds. The van der Waals surface area contributed by atoms with E-state index in [2.05, 4.69) is 0 Å². The van der Waals surface area contributed by atoms with E-state index >= 15 is 0 Å². The third kappa shape index (κ3) is 2.97. The lowest BCUT2D eigenvalue weighted by atomic mass is 10.2. The maximum atomic E-state index is 12.3. The summed E-state index contributed by atoms with van der Waals surface area (Å²) in [5.74, 6) is 0. The third-order valence-electron chi connectivity index (χ3n) is 3.31. The summed E-state index contributed by atoms with van der Waals surface area (Å²) in [6, 6.07) is 6.90. The van der Waals surface area contributed by atoms with Crippen LogP contribution in [0.3, 0.4) is 0 Å². The highest BCUT2D eigenvalue weighted by Gasteiger charge is 2.44. The number of ether oxygens (including phenoxy) is 2. The van der Waals surface area contributed by atoms with Crippen molar-refractivity contribution in [2.75, 3.05) is 26.4 Å². The highest BCUT2D eigenvalue weighted by atomic mass is 32.2. The molecule has 3 unspecified atom stereocenters. The minimum absolute atomic E-state index is 0.0231. The molecule has 2 aliphatic rings. The van der Waals surface area contributed by atoms with Crippen LogP contribution in [0.2, 0.25) is 0 Å². The fourth-order valence-corrected chi connectivity index (χ4v) is 3.51. The fraction of sp³-hybridized carbons (Fsp3) is 0.538. The first-order valence-corrected chi connectivity index (χ1v) is 7.79. The molecule has 2 heterocycles. The Bertz CT molecular complexity index is 551. The standard InChI is InChI=1S/C13H17NO4S/c1-10-2-4-13(5-3-10)19(15,16)14-6-11(14)7-17-8-12-9-18-12/h2-5,11-12H,6-9H2,1H3. The molecular formula is C13H17NO4S. The van der Waals surface area contributed by atoms with Crippen LogP contribution in [0, 0.1) is 6.92 Å². The van der Waals surface area contributed by atoms with E-state index in [0.29, 0.717) is 24.7 Å². The van der Waals surface area contributed by atoms with Gasteiger partial charge < -0.3 is 9.47 Å². The Labute approximate surface area is 113 Å². The molecule has 1 aromatic rings. The number of rotatable bonds is 6. The van der Waals surface area contributed by atoms with E-state index < -0.39 is 10.0 Å². The summed E-state index contributed by atoms with van der Waals surface area (Å²) in [6.07, 6.45) is 0.223. The van der Waals surface area contributed by atoms with Gasteiger partial charge in [-0.3, -0.25) is 0 Å². The number of sulfonamides is 1. The second-order valence-electron chi connectivity index (χ2n) is 5.03. The predicted octanol–water partition coefficient (Wildman–Crippen LogP) is 0.783. The molecule has 3 rings (SSSR count). The van der Waals surface area contributed by atoms with Gasteiger partial charge in [-0.25, -0.2) is 8.42 Å². The monoisotopic (exact) mass is 283 g/mol. The Morgan fingerprint density at radius 1 is 1.32 bits per heavy atom.